The highest BCUT2D eigenvalue weighted by atomic mass is 35.5. The Kier molecular flexibility index (Phi) is 7.98. The molecule has 0 saturated heterocycles. The molecule has 0 aliphatic rings. The van der Waals surface area contributed by atoms with Crippen molar-refractivity contribution in [3.05, 3.63) is 69.0 Å². The number of amides is 1. The monoisotopic (exact) mass is 424 g/mol. The standard InChI is InChI=1S/C21H23Cl2FN2O2/c1-4-20(27)16-7-5-13(10-19(16)24)9-15(26(2)3)12-25-21(28)14-6-8-17(22)18(23)11-14/h5-8,10-11,15H,4,9,12H2,1-3H3,(H,25,28)/t15-/m0/s1. The number of halogens is 3. The number of nitrogens with zero attached hydrogens (tertiary/aromatic N) is 1. The molecule has 28 heavy (non-hydrogen) atoms. The van der Waals surface area contributed by atoms with E-state index in [0.29, 0.717) is 28.6 Å². The zero-order valence-electron chi connectivity index (χ0n) is 16.1. The molecular weight excluding hydrogens is 402 g/mol. The van der Waals surface area contributed by atoms with Gasteiger partial charge in [0.2, 0.25) is 0 Å². The summed E-state index contributed by atoms with van der Waals surface area (Å²) in [6.07, 6.45) is 0.781. The molecule has 0 spiro atoms. The van der Waals surface area contributed by atoms with Crippen LogP contribution < -0.4 is 5.32 Å². The van der Waals surface area contributed by atoms with Crippen LogP contribution in [0.2, 0.25) is 10.0 Å². The normalized spacial score (nSPS) is 12.1. The van der Waals surface area contributed by atoms with Gasteiger partial charge < -0.3 is 10.2 Å². The predicted molar refractivity (Wildman–Crippen MR) is 111 cm³/mol. The van der Waals surface area contributed by atoms with Gasteiger partial charge >= 0.3 is 0 Å². The number of benzene rings is 2. The Morgan fingerprint density at radius 3 is 2.39 bits per heavy atom. The first kappa shape index (κ1) is 22.3. The van der Waals surface area contributed by atoms with Crippen LogP contribution in [-0.4, -0.2) is 43.3 Å². The quantitative estimate of drug-likeness (QED) is 0.628. The zero-order valence-corrected chi connectivity index (χ0v) is 17.6. The Morgan fingerprint density at radius 1 is 1.11 bits per heavy atom. The lowest BCUT2D eigenvalue weighted by molar-refractivity contribution is 0.0940. The Labute approximate surface area is 174 Å². The van der Waals surface area contributed by atoms with E-state index in [4.69, 9.17) is 23.2 Å². The molecule has 2 aromatic rings. The van der Waals surface area contributed by atoms with Gasteiger partial charge in [0, 0.05) is 24.6 Å². The first-order chi connectivity index (χ1) is 13.2. The maximum absolute atomic E-state index is 14.2. The lowest BCUT2D eigenvalue weighted by Crippen LogP contribution is -2.41. The SMILES string of the molecule is CCC(=O)c1ccc(C[C@@H](CNC(=O)c2ccc(Cl)c(Cl)c2)N(C)C)cc1F. The minimum Gasteiger partial charge on any atom is -0.350 e. The highest BCUT2D eigenvalue weighted by Crippen LogP contribution is 2.22. The molecule has 0 fully saturated rings. The summed E-state index contributed by atoms with van der Waals surface area (Å²) in [6.45, 7) is 2.07. The molecule has 150 valence electrons. The molecular formula is C21H23Cl2FN2O2. The number of hydrogen-bond acceptors (Lipinski definition) is 3. The molecule has 4 nitrogen and oxygen atoms in total. The van der Waals surface area contributed by atoms with Crippen LogP contribution >= 0.6 is 23.2 Å². The highest BCUT2D eigenvalue weighted by Gasteiger charge is 2.17. The van der Waals surface area contributed by atoms with Crippen molar-refractivity contribution in [2.24, 2.45) is 0 Å². The third-order valence-electron chi connectivity index (χ3n) is 4.54. The maximum atomic E-state index is 14.2. The van der Waals surface area contributed by atoms with Crippen molar-refractivity contribution in [1.29, 1.82) is 0 Å². The maximum Gasteiger partial charge on any atom is 0.251 e. The average Bonchev–Trinajstić information content (AvgIpc) is 2.66. The summed E-state index contributed by atoms with van der Waals surface area (Å²) < 4.78 is 14.2. The summed E-state index contributed by atoms with van der Waals surface area (Å²) in [7, 11) is 3.78. The number of Topliss-reactive ketones (excluding diaryl/α,β-unsaturated/α-hetero) is 1. The summed E-state index contributed by atoms with van der Waals surface area (Å²) in [6, 6.07) is 9.31. The van der Waals surface area contributed by atoms with Gasteiger partial charge in [-0.2, -0.15) is 0 Å². The van der Waals surface area contributed by atoms with Gasteiger partial charge in [-0.25, -0.2) is 4.39 Å². The van der Waals surface area contributed by atoms with E-state index in [1.165, 1.54) is 18.2 Å². The second kappa shape index (κ2) is 10.0. The average molecular weight is 425 g/mol. The Balaban J connectivity index is 2.05. The third-order valence-corrected chi connectivity index (χ3v) is 5.28. The second-order valence-corrected chi connectivity index (χ2v) is 7.57. The highest BCUT2D eigenvalue weighted by molar-refractivity contribution is 6.42. The molecule has 0 aliphatic heterocycles. The van der Waals surface area contributed by atoms with Crippen molar-refractivity contribution in [3.8, 4) is 0 Å². The van der Waals surface area contributed by atoms with Crippen LogP contribution in [0.15, 0.2) is 36.4 Å². The molecule has 0 saturated carbocycles. The van der Waals surface area contributed by atoms with Crippen LogP contribution in [0, 0.1) is 5.82 Å². The number of likely N-dealkylation sites (N-methyl/N-ethyl adjacent to an activating group) is 1. The van der Waals surface area contributed by atoms with E-state index in [0.717, 1.165) is 5.56 Å². The molecule has 7 heteroatoms. The molecule has 0 aliphatic carbocycles. The summed E-state index contributed by atoms with van der Waals surface area (Å²) >= 11 is 11.8. The largest absolute Gasteiger partial charge is 0.350 e. The smallest absolute Gasteiger partial charge is 0.251 e. The fraction of sp³-hybridized carbons (Fsp3) is 0.333. The number of ketones is 1. The van der Waals surface area contributed by atoms with Crippen molar-refractivity contribution < 1.29 is 14.0 Å². The first-order valence-corrected chi connectivity index (χ1v) is 9.69. The number of nitrogens with one attached hydrogen (secondary N) is 1. The molecule has 1 amide bonds. The number of hydrogen-bond donors (Lipinski definition) is 1. The van der Waals surface area contributed by atoms with Crippen molar-refractivity contribution in [2.45, 2.75) is 25.8 Å². The van der Waals surface area contributed by atoms with E-state index < -0.39 is 5.82 Å². The van der Waals surface area contributed by atoms with E-state index in [2.05, 4.69) is 5.32 Å². The second-order valence-electron chi connectivity index (χ2n) is 6.75. The molecule has 2 aromatic carbocycles. The van der Waals surface area contributed by atoms with Gasteiger partial charge in [0.05, 0.1) is 15.6 Å². The zero-order chi connectivity index (χ0) is 20.8. The molecule has 0 aromatic heterocycles. The lowest BCUT2D eigenvalue weighted by Gasteiger charge is -2.25. The Bertz CT molecular complexity index is 871. The van der Waals surface area contributed by atoms with E-state index in [9.17, 15) is 14.0 Å². The summed E-state index contributed by atoms with van der Waals surface area (Å²) in [5.74, 6) is -0.996. The fourth-order valence-corrected chi connectivity index (χ4v) is 3.06. The third kappa shape index (κ3) is 5.77. The molecule has 0 unspecified atom stereocenters. The summed E-state index contributed by atoms with van der Waals surface area (Å²) in [5, 5.41) is 3.57. The topological polar surface area (TPSA) is 49.4 Å². The molecule has 0 heterocycles. The van der Waals surface area contributed by atoms with Gasteiger partial charge in [-0.3, -0.25) is 9.59 Å². The van der Waals surface area contributed by atoms with Gasteiger partial charge in [-0.15, -0.1) is 0 Å². The number of rotatable bonds is 8. The predicted octanol–water partition coefficient (Wildman–Crippen LogP) is 4.63. The van der Waals surface area contributed by atoms with Crippen molar-refractivity contribution >= 4 is 34.9 Å². The van der Waals surface area contributed by atoms with E-state index >= 15 is 0 Å². The van der Waals surface area contributed by atoms with Gasteiger partial charge in [0.25, 0.3) is 5.91 Å². The number of carbonyl (C=O) groups excluding carboxylic acids is 2. The van der Waals surface area contributed by atoms with Crippen molar-refractivity contribution in [1.82, 2.24) is 10.2 Å². The fourth-order valence-electron chi connectivity index (χ4n) is 2.76. The van der Waals surface area contributed by atoms with Crippen LogP contribution in [0.4, 0.5) is 4.39 Å². The van der Waals surface area contributed by atoms with Crippen LogP contribution in [0.3, 0.4) is 0 Å². The van der Waals surface area contributed by atoms with Gasteiger partial charge in [-0.1, -0.05) is 36.2 Å². The van der Waals surface area contributed by atoms with Crippen LogP contribution in [0.5, 0.6) is 0 Å². The molecule has 2 rings (SSSR count). The number of carbonyl (C=O) groups is 2. The van der Waals surface area contributed by atoms with Crippen LogP contribution in [0.25, 0.3) is 0 Å². The summed E-state index contributed by atoms with van der Waals surface area (Å²) in [4.78, 5) is 26.0. The van der Waals surface area contributed by atoms with Crippen LogP contribution in [0.1, 0.15) is 39.6 Å². The van der Waals surface area contributed by atoms with E-state index in [1.54, 1.807) is 25.1 Å². The molecule has 1 N–H and O–H groups in total. The lowest BCUT2D eigenvalue weighted by atomic mass is 10.0. The Morgan fingerprint density at radius 2 is 1.82 bits per heavy atom. The van der Waals surface area contributed by atoms with Crippen LogP contribution in [-0.2, 0) is 6.42 Å². The minimum absolute atomic E-state index is 0.0566. The van der Waals surface area contributed by atoms with E-state index in [-0.39, 0.29) is 29.7 Å². The molecule has 1 atom stereocenters. The molecule has 0 radical (unpaired) electrons. The van der Waals surface area contributed by atoms with Crippen molar-refractivity contribution in [2.75, 3.05) is 20.6 Å². The minimum atomic E-state index is -0.512. The van der Waals surface area contributed by atoms with Gasteiger partial charge in [0.1, 0.15) is 5.82 Å². The first-order valence-electron chi connectivity index (χ1n) is 8.94. The van der Waals surface area contributed by atoms with Gasteiger partial charge in [-0.05, 0) is 56.4 Å². The van der Waals surface area contributed by atoms with E-state index in [1.807, 2.05) is 19.0 Å². The molecule has 0 bridgehead atoms. The van der Waals surface area contributed by atoms with Gasteiger partial charge in [0.15, 0.2) is 5.78 Å². The van der Waals surface area contributed by atoms with Crippen molar-refractivity contribution in [3.63, 3.8) is 0 Å². The summed E-state index contributed by atoms with van der Waals surface area (Å²) in [5.41, 5.74) is 1.29. The Hall–Kier alpha value is -1.95.